The fourth-order valence-corrected chi connectivity index (χ4v) is 2.53. The summed E-state index contributed by atoms with van der Waals surface area (Å²) in [5.74, 6) is 0.557. The number of phenolic OH excluding ortho intramolecular Hbond substituents is 1. The number of benzene rings is 1. The van der Waals surface area contributed by atoms with Crippen molar-refractivity contribution in [3.05, 3.63) is 60.1 Å². The van der Waals surface area contributed by atoms with Crippen molar-refractivity contribution in [1.29, 1.82) is 0 Å². The Balaban J connectivity index is 1.79. The molecule has 0 saturated heterocycles. The number of nitrogens with zero attached hydrogens (tertiary/aromatic N) is 4. The summed E-state index contributed by atoms with van der Waals surface area (Å²) in [6, 6.07) is 9.91. The fourth-order valence-electron chi connectivity index (χ4n) is 2.53. The Bertz CT molecular complexity index is 1080. The molecule has 29 heavy (non-hydrogen) atoms. The van der Waals surface area contributed by atoms with E-state index in [1.807, 2.05) is 13.0 Å². The number of allylic oxidation sites excluding steroid dienone is 1. The Labute approximate surface area is 167 Å². The fraction of sp³-hybridized carbons (Fsp3) is 0.150. The lowest BCUT2D eigenvalue weighted by atomic mass is 10.2. The van der Waals surface area contributed by atoms with E-state index in [-0.39, 0.29) is 11.8 Å². The van der Waals surface area contributed by atoms with Crippen LogP contribution >= 0.6 is 0 Å². The molecule has 2 amide bonds. The molecule has 1 aromatic carbocycles. The van der Waals surface area contributed by atoms with Crippen LogP contribution in [0.2, 0.25) is 0 Å². The highest BCUT2D eigenvalue weighted by molar-refractivity contribution is 6.09. The highest BCUT2D eigenvalue weighted by atomic mass is 16.3. The topological polar surface area (TPSA) is 138 Å². The van der Waals surface area contributed by atoms with Crippen molar-refractivity contribution in [3.63, 3.8) is 0 Å². The van der Waals surface area contributed by atoms with Gasteiger partial charge in [0, 0.05) is 24.5 Å². The monoisotopic (exact) mass is 391 g/mol. The van der Waals surface area contributed by atoms with Crippen LogP contribution in [0.15, 0.2) is 53.8 Å². The Morgan fingerprint density at radius 1 is 1.28 bits per heavy atom. The number of urea groups is 1. The number of hydrogen-bond acceptors (Lipinski definition) is 7. The van der Waals surface area contributed by atoms with Gasteiger partial charge in [-0.25, -0.2) is 14.8 Å². The van der Waals surface area contributed by atoms with Crippen molar-refractivity contribution in [3.8, 4) is 5.75 Å². The molecule has 0 fully saturated rings. The predicted molar refractivity (Wildman–Crippen MR) is 112 cm³/mol. The smallest absolute Gasteiger partial charge is 0.320 e. The summed E-state index contributed by atoms with van der Waals surface area (Å²) in [7, 11) is 0. The molecular weight excluding hydrogens is 370 g/mol. The minimum Gasteiger partial charge on any atom is -0.508 e. The van der Waals surface area contributed by atoms with Gasteiger partial charge in [-0.1, -0.05) is 12.1 Å². The maximum Gasteiger partial charge on any atom is 0.320 e. The molecule has 148 valence electrons. The Morgan fingerprint density at radius 3 is 2.90 bits per heavy atom. The predicted octanol–water partition coefficient (Wildman–Crippen LogP) is 2.44. The maximum absolute atomic E-state index is 11.7. The van der Waals surface area contributed by atoms with Crippen LogP contribution in [0.5, 0.6) is 5.75 Å². The van der Waals surface area contributed by atoms with Gasteiger partial charge in [0.1, 0.15) is 17.1 Å². The molecular formula is C20H21N7O2. The molecule has 0 aliphatic heterocycles. The molecule has 0 bridgehead atoms. The largest absolute Gasteiger partial charge is 0.508 e. The van der Waals surface area contributed by atoms with Crippen LogP contribution in [0.4, 0.5) is 10.6 Å². The molecule has 0 atom stereocenters. The van der Waals surface area contributed by atoms with E-state index in [9.17, 15) is 9.90 Å². The average molecular weight is 391 g/mol. The number of pyridine rings is 1. The quantitative estimate of drug-likeness (QED) is 0.476. The van der Waals surface area contributed by atoms with E-state index >= 15 is 0 Å². The minimum atomic E-state index is -0.343. The number of carbonyl (C=O) groups excluding carboxylic acids is 1. The molecule has 2 aromatic heterocycles. The van der Waals surface area contributed by atoms with Crippen molar-refractivity contribution < 1.29 is 9.90 Å². The first kappa shape index (κ1) is 19.7. The Hall–Kier alpha value is -4.01. The second-order valence-electron chi connectivity index (χ2n) is 6.04. The van der Waals surface area contributed by atoms with E-state index in [1.165, 1.54) is 6.20 Å². The number of amides is 2. The number of carbonyl (C=O) groups is 1. The van der Waals surface area contributed by atoms with Gasteiger partial charge in [-0.15, -0.1) is 0 Å². The normalized spacial score (nSPS) is 11.7. The van der Waals surface area contributed by atoms with Gasteiger partial charge >= 0.3 is 6.03 Å². The van der Waals surface area contributed by atoms with Crippen molar-refractivity contribution in [2.24, 2.45) is 10.7 Å². The SMILES string of the molecule is CCNC(=O)Nc1ccc2ncc(C(C=NCc3cccc(O)c3)=CN)nc2n1. The number of hydrogen-bond donors (Lipinski definition) is 4. The third-order valence-electron chi connectivity index (χ3n) is 3.88. The molecule has 0 spiro atoms. The summed E-state index contributed by atoms with van der Waals surface area (Å²) < 4.78 is 0. The van der Waals surface area contributed by atoms with Crippen molar-refractivity contribution >= 4 is 34.8 Å². The number of fused-ring (bicyclic) bond motifs is 1. The molecule has 0 aliphatic carbocycles. The van der Waals surface area contributed by atoms with Crippen LogP contribution in [0, 0.1) is 0 Å². The lowest BCUT2D eigenvalue weighted by molar-refractivity contribution is 0.252. The molecule has 3 aromatic rings. The van der Waals surface area contributed by atoms with E-state index in [4.69, 9.17) is 5.73 Å². The zero-order valence-electron chi connectivity index (χ0n) is 15.8. The van der Waals surface area contributed by atoms with Gasteiger partial charge in [0.25, 0.3) is 0 Å². The molecule has 9 heteroatoms. The molecule has 2 heterocycles. The van der Waals surface area contributed by atoms with Crippen LogP contribution in [-0.4, -0.2) is 38.8 Å². The van der Waals surface area contributed by atoms with Gasteiger partial charge in [0.05, 0.1) is 18.4 Å². The summed E-state index contributed by atoms with van der Waals surface area (Å²) in [5, 5.41) is 14.8. The van der Waals surface area contributed by atoms with Gasteiger partial charge in [0.2, 0.25) is 0 Å². The van der Waals surface area contributed by atoms with Crippen molar-refractivity contribution in [1.82, 2.24) is 20.3 Å². The Morgan fingerprint density at radius 2 is 2.14 bits per heavy atom. The molecule has 0 radical (unpaired) electrons. The molecule has 5 N–H and O–H groups in total. The zero-order valence-corrected chi connectivity index (χ0v) is 15.8. The van der Waals surface area contributed by atoms with Crippen LogP contribution < -0.4 is 16.4 Å². The van der Waals surface area contributed by atoms with Gasteiger partial charge in [-0.05, 0) is 36.8 Å². The summed E-state index contributed by atoms with van der Waals surface area (Å²) in [6.07, 6.45) is 4.56. The lowest BCUT2D eigenvalue weighted by Gasteiger charge is -2.06. The van der Waals surface area contributed by atoms with Gasteiger partial charge in [-0.3, -0.25) is 15.3 Å². The first-order valence-corrected chi connectivity index (χ1v) is 8.97. The molecule has 9 nitrogen and oxygen atoms in total. The Kier molecular flexibility index (Phi) is 6.31. The second kappa shape index (κ2) is 9.27. The zero-order chi connectivity index (χ0) is 20.6. The average Bonchev–Trinajstić information content (AvgIpc) is 2.71. The number of nitrogens with two attached hydrogens (primary N) is 1. The number of phenols is 1. The van der Waals surface area contributed by atoms with Gasteiger partial charge in [0.15, 0.2) is 5.65 Å². The summed E-state index contributed by atoms with van der Waals surface area (Å²) in [6.45, 7) is 2.72. The first-order valence-electron chi connectivity index (χ1n) is 8.97. The van der Waals surface area contributed by atoms with Crippen LogP contribution in [-0.2, 0) is 6.54 Å². The van der Waals surface area contributed by atoms with Crippen molar-refractivity contribution in [2.45, 2.75) is 13.5 Å². The van der Waals surface area contributed by atoms with Crippen LogP contribution in [0.1, 0.15) is 18.2 Å². The molecule has 0 unspecified atom stereocenters. The number of aromatic hydroxyl groups is 1. The standard InChI is InChI=1S/C20H21N7O2/c1-2-23-20(29)27-18-7-6-16-19(26-18)25-17(12-24-16)14(9-21)11-22-10-13-4-3-5-15(28)8-13/h3-9,11-12,28H,2,10,21H2,1H3,(H2,23,25,26,27,29). The summed E-state index contributed by atoms with van der Waals surface area (Å²) >= 11 is 0. The van der Waals surface area contributed by atoms with Gasteiger partial charge in [-0.2, -0.15) is 0 Å². The molecule has 0 saturated carbocycles. The first-order chi connectivity index (χ1) is 14.1. The van der Waals surface area contributed by atoms with E-state index in [0.29, 0.717) is 41.3 Å². The highest BCUT2D eigenvalue weighted by Gasteiger charge is 2.07. The minimum absolute atomic E-state index is 0.191. The van der Waals surface area contributed by atoms with Crippen LogP contribution in [0.3, 0.4) is 0 Å². The second-order valence-corrected chi connectivity index (χ2v) is 6.04. The summed E-state index contributed by atoms with van der Waals surface area (Å²) in [5.41, 5.74) is 8.63. The third-order valence-corrected chi connectivity index (χ3v) is 3.88. The number of rotatable bonds is 6. The number of aliphatic imine (C=N–C) groups is 1. The summed E-state index contributed by atoms with van der Waals surface area (Å²) in [4.78, 5) is 29.2. The van der Waals surface area contributed by atoms with E-state index < -0.39 is 0 Å². The number of aromatic nitrogens is 3. The van der Waals surface area contributed by atoms with Crippen LogP contribution in [0.25, 0.3) is 16.7 Å². The van der Waals surface area contributed by atoms with E-state index in [1.54, 1.807) is 42.7 Å². The molecule has 3 rings (SSSR count). The number of nitrogens with one attached hydrogen (secondary N) is 2. The van der Waals surface area contributed by atoms with E-state index in [0.717, 1.165) is 5.56 Å². The lowest BCUT2D eigenvalue weighted by Crippen LogP contribution is -2.28. The van der Waals surface area contributed by atoms with Gasteiger partial charge < -0.3 is 16.2 Å². The number of anilines is 1. The van der Waals surface area contributed by atoms with E-state index in [2.05, 4.69) is 30.6 Å². The highest BCUT2D eigenvalue weighted by Crippen LogP contribution is 2.16. The molecule has 0 aliphatic rings. The third kappa shape index (κ3) is 5.25. The maximum atomic E-state index is 11.7. The van der Waals surface area contributed by atoms with Crippen molar-refractivity contribution in [2.75, 3.05) is 11.9 Å².